The predicted molar refractivity (Wildman–Crippen MR) is 91.4 cm³/mol. The average molecular weight is 301 g/mol. The minimum atomic E-state index is 0.207. The predicted octanol–water partition coefficient (Wildman–Crippen LogP) is 4.79. The van der Waals surface area contributed by atoms with Crippen LogP contribution in [0.4, 0.5) is 0 Å². The molecule has 0 aromatic heterocycles. The van der Waals surface area contributed by atoms with Crippen LogP contribution >= 0.6 is 11.8 Å². The van der Waals surface area contributed by atoms with Crippen molar-refractivity contribution in [2.75, 3.05) is 6.26 Å². The van der Waals surface area contributed by atoms with Crippen LogP contribution in [0.2, 0.25) is 0 Å². The smallest absolute Gasteiger partial charge is 0.140 e. The van der Waals surface area contributed by atoms with E-state index in [-0.39, 0.29) is 6.04 Å². The van der Waals surface area contributed by atoms with Crippen molar-refractivity contribution in [1.29, 1.82) is 0 Å². The van der Waals surface area contributed by atoms with Gasteiger partial charge in [0.25, 0.3) is 0 Å². The molecule has 112 valence electrons. The van der Waals surface area contributed by atoms with Crippen LogP contribution in [-0.2, 0) is 6.42 Å². The van der Waals surface area contributed by atoms with Crippen molar-refractivity contribution in [2.45, 2.75) is 37.6 Å². The summed E-state index contributed by atoms with van der Waals surface area (Å²) >= 11 is 1.69. The lowest BCUT2D eigenvalue weighted by atomic mass is 10.0. The molecule has 0 radical (unpaired) electrons. The number of rotatable bonds is 6. The monoisotopic (exact) mass is 301 g/mol. The van der Waals surface area contributed by atoms with Gasteiger partial charge in [0.2, 0.25) is 0 Å². The molecule has 2 N–H and O–H groups in total. The fraction of sp³-hybridized carbons (Fsp3) is 0.333. The quantitative estimate of drug-likeness (QED) is 0.779. The average Bonchev–Trinajstić information content (AvgIpc) is 2.51. The van der Waals surface area contributed by atoms with Gasteiger partial charge in [0, 0.05) is 10.9 Å². The Morgan fingerprint density at radius 2 is 1.90 bits per heavy atom. The number of thioether (sulfide) groups is 1. The van der Waals surface area contributed by atoms with Gasteiger partial charge in [-0.25, -0.2) is 0 Å². The molecular weight excluding hydrogens is 278 g/mol. The summed E-state index contributed by atoms with van der Waals surface area (Å²) in [6, 6.07) is 14.7. The zero-order valence-electron chi connectivity index (χ0n) is 12.9. The second-order valence-electron chi connectivity index (χ2n) is 5.23. The lowest BCUT2D eigenvalue weighted by Gasteiger charge is -2.14. The maximum Gasteiger partial charge on any atom is 0.140 e. The highest BCUT2D eigenvalue weighted by Crippen LogP contribution is 2.33. The van der Waals surface area contributed by atoms with Crippen LogP contribution < -0.4 is 10.5 Å². The summed E-state index contributed by atoms with van der Waals surface area (Å²) < 4.78 is 6.13. The Labute approximate surface area is 131 Å². The van der Waals surface area contributed by atoms with Gasteiger partial charge < -0.3 is 10.5 Å². The second kappa shape index (κ2) is 7.53. The molecule has 0 heterocycles. The largest absolute Gasteiger partial charge is 0.456 e. The molecule has 0 spiro atoms. The molecule has 0 saturated carbocycles. The summed E-state index contributed by atoms with van der Waals surface area (Å²) in [5.74, 6) is 1.82. The molecular formula is C18H23NOS. The number of hydrogen-bond donors (Lipinski definition) is 1. The molecule has 2 rings (SSSR count). The van der Waals surface area contributed by atoms with E-state index in [0.717, 1.165) is 34.8 Å². The van der Waals surface area contributed by atoms with E-state index in [4.69, 9.17) is 10.5 Å². The van der Waals surface area contributed by atoms with Crippen LogP contribution in [0.3, 0.4) is 0 Å². The Balaban J connectivity index is 2.24. The van der Waals surface area contributed by atoms with Crippen molar-refractivity contribution in [3.63, 3.8) is 0 Å². The highest BCUT2D eigenvalue weighted by molar-refractivity contribution is 7.98. The highest BCUT2D eigenvalue weighted by Gasteiger charge is 2.08. The van der Waals surface area contributed by atoms with E-state index in [2.05, 4.69) is 44.4 Å². The van der Waals surface area contributed by atoms with Crippen molar-refractivity contribution < 1.29 is 4.74 Å². The summed E-state index contributed by atoms with van der Waals surface area (Å²) in [6.45, 7) is 4.19. The van der Waals surface area contributed by atoms with E-state index in [9.17, 15) is 0 Å². The first-order chi connectivity index (χ1) is 10.1. The lowest BCUT2D eigenvalue weighted by Crippen LogP contribution is -2.21. The van der Waals surface area contributed by atoms with Crippen molar-refractivity contribution in [3.05, 3.63) is 53.6 Å². The number of para-hydroxylation sites is 1. The zero-order chi connectivity index (χ0) is 15.2. The van der Waals surface area contributed by atoms with Crippen LogP contribution in [-0.4, -0.2) is 12.3 Å². The normalized spacial score (nSPS) is 12.2. The molecule has 2 aromatic carbocycles. The molecule has 2 nitrogen and oxygen atoms in total. The first-order valence-electron chi connectivity index (χ1n) is 7.30. The van der Waals surface area contributed by atoms with Crippen molar-refractivity contribution in [3.8, 4) is 11.5 Å². The van der Waals surface area contributed by atoms with Gasteiger partial charge in [-0.3, -0.25) is 0 Å². The fourth-order valence-electron chi connectivity index (χ4n) is 2.15. The lowest BCUT2D eigenvalue weighted by molar-refractivity contribution is 0.466. The summed E-state index contributed by atoms with van der Waals surface area (Å²) in [5, 5.41) is 0. The Kier molecular flexibility index (Phi) is 5.71. The highest BCUT2D eigenvalue weighted by atomic mass is 32.2. The first kappa shape index (κ1) is 15.9. The van der Waals surface area contributed by atoms with Gasteiger partial charge in [0.1, 0.15) is 11.5 Å². The molecule has 1 unspecified atom stereocenters. The molecule has 2 aromatic rings. The zero-order valence-corrected chi connectivity index (χ0v) is 13.7. The molecule has 0 saturated heterocycles. The van der Waals surface area contributed by atoms with Crippen molar-refractivity contribution in [2.24, 2.45) is 5.73 Å². The fourth-order valence-corrected chi connectivity index (χ4v) is 2.68. The third-order valence-electron chi connectivity index (χ3n) is 3.56. The first-order valence-corrected chi connectivity index (χ1v) is 8.52. The van der Waals surface area contributed by atoms with Gasteiger partial charge >= 0.3 is 0 Å². The molecule has 0 bridgehead atoms. The van der Waals surface area contributed by atoms with Crippen LogP contribution in [0.15, 0.2) is 47.4 Å². The molecule has 21 heavy (non-hydrogen) atoms. The minimum absolute atomic E-state index is 0.207. The van der Waals surface area contributed by atoms with E-state index in [1.807, 2.05) is 18.2 Å². The number of aryl methyl sites for hydroxylation is 1. The molecule has 0 aliphatic carbocycles. The third kappa shape index (κ3) is 4.26. The van der Waals surface area contributed by atoms with Gasteiger partial charge in [-0.15, -0.1) is 11.8 Å². The number of benzene rings is 2. The number of ether oxygens (including phenoxy) is 1. The minimum Gasteiger partial charge on any atom is -0.456 e. The summed E-state index contributed by atoms with van der Waals surface area (Å²) in [6.07, 6.45) is 3.93. The Hall–Kier alpha value is -1.45. The second-order valence-corrected chi connectivity index (χ2v) is 6.07. The molecule has 0 aliphatic rings. The maximum atomic E-state index is 6.13. The molecule has 0 aliphatic heterocycles. The van der Waals surface area contributed by atoms with Crippen LogP contribution in [0.5, 0.6) is 11.5 Å². The van der Waals surface area contributed by atoms with Crippen LogP contribution in [0.25, 0.3) is 0 Å². The van der Waals surface area contributed by atoms with Crippen LogP contribution in [0.1, 0.15) is 24.5 Å². The third-order valence-corrected chi connectivity index (χ3v) is 4.34. The van der Waals surface area contributed by atoms with Gasteiger partial charge in [-0.2, -0.15) is 0 Å². The molecule has 3 heteroatoms. The summed E-state index contributed by atoms with van der Waals surface area (Å²) in [7, 11) is 0. The van der Waals surface area contributed by atoms with E-state index in [0.29, 0.717) is 0 Å². The molecule has 0 amide bonds. The maximum absolute atomic E-state index is 6.13. The Morgan fingerprint density at radius 3 is 2.62 bits per heavy atom. The SMILES string of the molecule is CCC(N)Cc1ccc(C)c(Oc2ccccc2SC)c1. The van der Waals surface area contributed by atoms with Gasteiger partial charge in [0.15, 0.2) is 0 Å². The standard InChI is InChI=1S/C18H23NOS/c1-4-15(19)11-14-10-9-13(2)17(12-14)20-16-7-5-6-8-18(16)21-3/h5-10,12,15H,4,11,19H2,1-3H3. The van der Waals surface area contributed by atoms with E-state index in [1.54, 1.807) is 11.8 Å². The Morgan fingerprint density at radius 1 is 1.14 bits per heavy atom. The summed E-state index contributed by atoms with van der Waals surface area (Å²) in [4.78, 5) is 1.15. The van der Waals surface area contributed by atoms with Crippen LogP contribution in [0, 0.1) is 6.92 Å². The van der Waals surface area contributed by atoms with E-state index in [1.165, 1.54) is 5.56 Å². The molecule has 1 atom stereocenters. The van der Waals surface area contributed by atoms with Gasteiger partial charge in [-0.1, -0.05) is 31.2 Å². The Bertz CT molecular complexity index is 598. The number of hydrogen-bond acceptors (Lipinski definition) is 3. The topological polar surface area (TPSA) is 35.2 Å². The summed E-state index contributed by atoms with van der Waals surface area (Å²) in [5.41, 5.74) is 8.41. The van der Waals surface area contributed by atoms with Gasteiger partial charge in [0.05, 0.1) is 0 Å². The van der Waals surface area contributed by atoms with Crippen molar-refractivity contribution >= 4 is 11.8 Å². The van der Waals surface area contributed by atoms with E-state index >= 15 is 0 Å². The molecule has 0 fully saturated rings. The van der Waals surface area contributed by atoms with Gasteiger partial charge in [-0.05, 0) is 55.3 Å². The van der Waals surface area contributed by atoms with E-state index < -0.39 is 0 Å². The number of nitrogens with two attached hydrogens (primary N) is 1. The van der Waals surface area contributed by atoms with Crippen molar-refractivity contribution in [1.82, 2.24) is 0 Å².